The Kier molecular flexibility index (Phi) is 4.47. The molecule has 0 unspecified atom stereocenters. The number of fused-ring (bicyclic) bond motifs is 1. The number of rotatable bonds is 5. The van der Waals surface area contributed by atoms with Crippen molar-refractivity contribution in [2.75, 3.05) is 7.11 Å². The van der Waals surface area contributed by atoms with Gasteiger partial charge in [-0.3, -0.25) is 4.79 Å². The number of Topliss-reactive ketones (excluding diaryl/α,β-unsaturated/α-hetero) is 1. The normalized spacial score (nSPS) is 10.9. The van der Waals surface area contributed by atoms with Crippen molar-refractivity contribution in [3.05, 3.63) is 83.6 Å². The number of ketones is 1. The number of benzene rings is 2. The third-order valence-corrected chi connectivity index (χ3v) is 4.55. The van der Waals surface area contributed by atoms with Crippen LogP contribution < -0.4 is 4.74 Å². The number of aromatic nitrogens is 1. The Morgan fingerprint density at radius 2 is 1.89 bits per heavy atom. The molecule has 4 nitrogen and oxygen atoms in total. The number of carbonyl (C=O) groups is 1. The highest BCUT2D eigenvalue weighted by atomic mass is 16.5. The lowest BCUT2D eigenvalue weighted by molar-refractivity contribution is 0.0990. The molecule has 4 aromatic rings. The highest BCUT2D eigenvalue weighted by Gasteiger charge is 2.13. The number of methoxy groups -OCH3 is 1. The third kappa shape index (κ3) is 3.47. The van der Waals surface area contributed by atoms with Crippen LogP contribution in [0.15, 0.2) is 71.3 Å². The molecule has 0 N–H and O–H groups in total. The van der Waals surface area contributed by atoms with Gasteiger partial charge in [0.1, 0.15) is 11.5 Å². The molecule has 4 heteroatoms. The maximum Gasteiger partial charge on any atom is 0.226 e. The number of hydrogen-bond donors (Lipinski definition) is 0. The van der Waals surface area contributed by atoms with Crippen molar-refractivity contribution in [2.45, 2.75) is 13.3 Å². The standard InChI is InChI=1S/C23H19NO3/c1-15-5-10-19(22(12-15)26-2)20(25)13-16-6-8-17(9-7-16)21-14-18-4-3-11-24-23(18)27-21/h3-12,14H,13H2,1-2H3. The van der Waals surface area contributed by atoms with E-state index in [4.69, 9.17) is 9.15 Å². The minimum absolute atomic E-state index is 0.0348. The summed E-state index contributed by atoms with van der Waals surface area (Å²) < 4.78 is 11.1. The van der Waals surface area contributed by atoms with Gasteiger partial charge in [-0.15, -0.1) is 0 Å². The summed E-state index contributed by atoms with van der Waals surface area (Å²) >= 11 is 0. The van der Waals surface area contributed by atoms with Crippen LogP contribution in [0.5, 0.6) is 5.75 Å². The molecule has 0 aliphatic rings. The first-order valence-corrected chi connectivity index (χ1v) is 8.76. The number of ether oxygens (including phenoxy) is 1. The van der Waals surface area contributed by atoms with Gasteiger partial charge >= 0.3 is 0 Å². The van der Waals surface area contributed by atoms with Crippen molar-refractivity contribution in [1.82, 2.24) is 4.98 Å². The van der Waals surface area contributed by atoms with Crippen LogP contribution >= 0.6 is 0 Å². The van der Waals surface area contributed by atoms with Crippen molar-refractivity contribution in [2.24, 2.45) is 0 Å². The minimum atomic E-state index is 0.0348. The summed E-state index contributed by atoms with van der Waals surface area (Å²) in [7, 11) is 1.59. The molecule has 2 heterocycles. The molecule has 0 spiro atoms. The fourth-order valence-electron chi connectivity index (χ4n) is 3.11. The second kappa shape index (κ2) is 7.08. The molecule has 0 aliphatic carbocycles. The zero-order valence-corrected chi connectivity index (χ0v) is 15.2. The monoisotopic (exact) mass is 357 g/mol. The zero-order valence-electron chi connectivity index (χ0n) is 15.2. The van der Waals surface area contributed by atoms with Gasteiger partial charge in [-0.1, -0.05) is 30.3 Å². The molecule has 2 aromatic carbocycles. The van der Waals surface area contributed by atoms with Gasteiger partial charge in [0.15, 0.2) is 5.78 Å². The predicted octanol–water partition coefficient (Wildman–Crippen LogP) is 5.24. The smallest absolute Gasteiger partial charge is 0.226 e. The first kappa shape index (κ1) is 17.0. The van der Waals surface area contributed by atoms with Gasteiger partial charge in [0.25, 0.3) is 0 Å². The Hall–Kier alpha value is -3.40. The number of hydrogen-bond acceptors (Lipinski definition) is 4. The van der Waals surface area contributed by atoms with Crippen molar-refractivity contribution < 1.29 is 13.9 Å². The lowest BCUT2D eigenvalue weighted by Gasteiger charge is -2.09. The van der Waals surface area contributed by atoms with Crippen molar-refractivity contribution >= 4 is 16.9 Å². The van der Waals surface area contributed by atoms with Crippen molar-refractivity contribution in [3.63, 3.8) is 0 Å². The molecule has 0 bridgehead atoms. The third-order valence-electron chi connectivity index (χ3n) is 4.55. The quantitative estimate of drug-likeness (QED) is 0.459. The van der Waals surface area contributed by atoms with E-state index in [1.54, 1.807) is 13.3 Å². The predicted molar refractivity (Wildman–Crippen MR) is 105 cm³/mol. The zero-order chi connectivity index (χ0) is 18.8. The molecule has 27 heavy (non-hydrogen) atoms. The Bertz CT molecular complexity index is 1080. The maximum absolute atomic E-state index is 12.7. The Balaban J connectivity index is 1.55. The highest BCUT2D eigenvalue weighted by molar-refractivity contribution is 6.00. The molecule has 0 saturated carbocycles. The van der Waals surface area contributed by atoms with E-state index >= 15 is 0 Å². The Morgan fingerprint density at radius 3 is 2.63 bits per heavy atom. The van der Waals surface area contributed by atoms with E-state index in [0.29, 0.717) is 23.4 Å². The second-order valence-electron chi connectivity index (χ2n) is 6.51. The van der Waals surface area contributed by atoms with E-state index in [2.05, 4.69) is 4.98 Å². The van der Waals surface area contributed by atoms with Crippen molar-refractivity contribution in [3.8, 4) is 17.1 Å². The van der Waals surface area contributed by atoms with Gasteiger partial charge in [-0.25, -0.2) is 4.98 Å². The van der Waals surface area contributed by atoms with Gasteiger partial charge in [-0.05, 0) is 48.4 Å². The number of pyridine rings is 1. The average molecular weight is 357 g/mol. The topological polar surface area (TPSA) is 52.3 Å². The van der Waals surface area contributed by atoms with E-state index in [0.717, 1.165) is 27.8 Å². The summed E-state index contributed by atoms with van der Waals surface area (Å²) in [4.78, 5) is 16.9. The van der Waals surface area contributed by atoms with Gasteiger partial charge in [0, 0.05) is 23.6 Å². The molecule has 134 valence electrons. The molecule has 4 rings (SSSR count). The molecule has 0 atom stereocenters. The summed E-state index contributed by atoms with van der Waals surface area (Å²) in [6.07, 6.45) is 2.03. The summed E-state index contributed by atoms with van der Waals surface area (Å²) in [6, 6.07) is 19.3. The molecule has 0 aliphatic heterocycles. The molecule has 0 saturated heterocycles. The lowest BCUT2D eigenvalue weighted by atomic mass is 10.00. The Labute approximate surface area is 157 Å². The Morgan fingerprint density at radius 1 is 1.07 bits per heavy atom. The summed E-state index contributed by atoms with van der Waals surface area (Å²) in [5.41, 5.74) is 4.19. The lowest BCUT2D eigenvalue weighted by Crippen LogP contribution is -2.06. The molecule has 0 radical (unpaired) electrons. The van der Waals surface area contributed by atoms with Crippen LogP contribution in [0.4, 0.5) is 0 Å². The van der Waals surface area contributed by atoms with E-state index in [1.165, 1.54) is 0 Å². The van der Waals surface area contributed by atoms with Gasteiger partial charge in [0.05, 0.1) is 12.7 Å². The van der Waals surface area contributed by atoms with Crippen LogP contribution in [0.25, 0.3) is 22.4 Å². The van der Waals surface area contributed by atoms with Crippen LogP contribution in [0.2, 0.25) is 0 Å². The fourth-order valence-corrected chi connectivity index (χ4v) is 3.11. The van der Waals surface area contributed by atoms with Crippen LogP contribution in [0.1, 0.15) is 21.5 Å². The largest absolute Gasteiger partial charge is 0.496 e. The first-order chi connectivity index (χ1) is 13.1. The molecule has 0 amide bonds. The first-order valence-electron chi connectivity index (χ1n) is 8.76. The SMILES string of the molecule is COc1cc(C)ccc1C(=O)Cc1ccc(-c2cc3cccnc3o2)cc1. The van der Waals surface area contributed by atoms with Gasteiger partial charge < -0.3 is 9.15 Å². The number of aryl methyl sites for hydroxylation is 1. The number of carbonyl (C=O) groups excluding carboxylic acids is 1. The summed E-state index contributed by atoms with van der Waals surface area (Å²) in [5.74, 6) is 1.42. The van der Waals surface area contributed by atoms with E-state index in [-0.39, 0.29) is 5.78 Å². The van der Waals surface area contributed by atoms with Crippen LogP contribution in [-0.4, -0.2) is 17.9 Å². The second-order valence-corrected chi connectivity index (χ2v) is 6.51. The van der Waals surface area contributed by atoms with E-state index in [1.807, 2.05) is 67.6 Å². The van der Waals surface area contributed by atoms with Crippen LogP contribution in [0.3, 0.4) is 0 Å². The van der Waals surface area contributed by atoms with E-state index in [9.17, 15) is 4.79 Å². The fraction of sp³-hybridized carbons (Fsp3) is 0.130. The number of nitrogens with zero attached hydrogens (tertiary/aromatic N) is 1. The average Bonchev–Trinajstić information content (AvgIpc) is 3.12. The molecule has 2 aromatic heterocycles. The van der Waals surface area contributed by atoms with Crippen LogP contribution in [-0.2, 0) is 6.42 Å². The summed E-state index contributed by atoms with van der Waals surface area (Å²) in [6.45, 7) is 1.98. The summed E-state index contributed by atoms with van der Waals surface area (Å²) in [5, 5.41) is 0.971. The molecular formula is C23H19NO3. The molecule has 0 fully saturated rings. The van der Waals surface area contributed by atoms with Crippen LogP contribution in [0, 0.1) is 6.92 Å². The molecular weight excluding hydrogens is 338 g/mol. The van der Waals surface area contributed by atoms with Gasteiger partial charge in [0.2, 0.25) is 5.71 Å². The van der Waals surface area contributed by atoms with E-state index < -0.39 is 0 Å². The van der Waals surface area contributed by atoms with Crippen molar-refractivity contribution in [1.29, 1.82) is 0 Å². The highest BCUT2D eigenvalue weighted by Crippen LogP contribution is 2.27. The number of furan rings is 1. The minimum Gasteiger partial charge on any atom is -0.496 e. The van der Waals surface area contributed by atoms with Gasteiger partial charge in [-0.2, -0.15) is 0 Å². The maximum atomic E-state index is 12.7.